The van der Waals surface area contributed by atoms with E-state index in [9.17, 15) is 18.4 Å². The maximum absolute atomic E-state index is 12.3. The highest BCUT2D eigenvalue weighted by atomic mass is 32.2. The standard InChI is InChI=1S/C14H25NO5S/c1-12(16)15(20-21(18)19)14(17)13-10-8-6-4-2-3-5-7-9-11-13/h13H,2-11H2,1H3,(H,18,19)/p-1. The van der Waals surface area contributed by atoms with Crippen molar-refractivity contribution in [2.45, 2.75) is 71.1 Å². The molecule has 21 heavy (non-hydrogen) atoms. The molecule has 122 valence electrons. The van der Waals surface area contributed by atoms with Crippen LogP contribution in [0.4, 0.5) is 0 Å². The van der Waals surface area contributed by atoms with E-state index in [0.717, 1.165) is 32.6 Å². The van der Waals surface area contributed by atoms with Gasteiger partial charge in [0.25, 0.3) is 11.8 Å². The van der Waals surface area contributed by atoms with Crippen molar-refractivity contribution in [1.82, 2.24) is 5.06 Å². The van der Waals surface area contributed by atoms with Crippen molar-refractivity contribution < 1.29 is 22.6 Å². The molecule has 0 aliphatic heterocycles. The molecular formula is C14H24NO5S-. The van der Waals surface area contributed by atoms with Gasteiger partial charge in [-0.05, 0) is 12.8 Å². The molecule has 1 fully saturated rings. The van der Waals surface area contributed by atoms with Gasteiger partial charge in [-0.25, -0.2) is 4.21 Å². The Morgan fingerprint density at radius 3 is 1.81 bits per heavy atom. The molecular weight excluding hydrogens is 294 g/mol. The maximum Gasteiger partial charge on any atom is 0.257 e. The van der Waals surface area contributed by atoms with E-state index in [-0.39, 0.29) is 5.92 Å². The third-order valence-corrected chi connectivity index (χ3v) is 4.10. The number of hydrogen-bond acceptors (Lipinski definition) is 5. The smallest absolute Gasteiger partial charge is 0.257 e. The van der Waals surface area contributed by atoms with Gasteiger partial charge in [-0.1, -0.05) is 51.4 Å². The van der Waals surface area contributed by atoms with Crippen LogP contribution in [0.25, 0.3) is 0 Å². The van der Waals surface area contributed by atoms with Crippen LogP contribution in [0, 0.1) is 5.92 Å². The first-order valence-electron chi connectivity index (χ1n) is 7.64. The monoisotopic (exact) mass is 318 g/mol. The number of hydroxylamine groups is 2. The van der Waals surface area contributed by atoms with Gasteiger partial charge in [0.05, 0.1) is 0 Å². The summed E-state index contributed by atoms with van der Waals surface area (Å²) in [7, 11) is 0. The Morgan fingerprint density at radius 1 is 1.00 bits per heavy atom. The highest BCUT2D eigenvalue weighted by molar-refractivity contribution is 7.74. The zero-order valence-electron chi connectivity index (χ0n) is 12.5. The zero-order valence-corrected chi connectivity index (χ0v) is 13.4. The van der Waals surface area contributed by atoms with E-state index in [4.69, 9.17) is 0 Å². The van der Waals surface area contributed by atoms with Crippen molar-refractivity contribution in [3.05, 3.63) is 0 Å². The Kier molecular flexibility index (Phi) is 8.72. The average Bonchev–Trinajstić information content (AvgIpc) is 2.48. The number of carbonyl (C=O) groups is 2. The molecule has 1 aliphatic carbocycles. The molecule has 0 spiro atoms. The van der Waals surface area contributed by atoms with E-state index in [1.54, 1.807) is 0 Å². The molecule has 1 rings (SSSR count). The second-order valence-electron chi connectivity index (χ2n) is 5.53. The quantitative estimate of drug-likeness (QED) is 0.589. The Morgan fingerprint density at radius 2 is 1.43 bits per heavy atom. The van der Waals surface area contributed by atoms with Crippen molar-refractivity contribution in [3.63, 3.8) is 0 Å². The molecule has 1 unspecified atom stereocenters. The second kappa shape index (κ2) is 10.0. The van der Waals surface area contributed by atoms with Crippen molar-refractivity contribution in [3.8, 4) is 0 Å². The lowest BCUT2D eigenvalue weighted by Gasteiger charge is -2.24. The summed E-state index contributed by atoms with van der Waals surface area (Å²) in [5, 5.41) is 0.382. The highest BCUT2D eigenvalue weighted by Gasteiger charge is 2.28. The molecule has 0 N–H and O–H groups in total. The predicted octanol–water partition coefficient (Wildman–Crippen LogP) is 2.62. The van der Waals surface area contributed by atoms with Crippen molar-refractivity contribution in [1.29, 1.82) is 0 Å². The summed E-state index contributed by atoms with van der Waals surface area (Å²) in [5.41, 5.74) is 0. The Hall–Kier alpha value is -0.790. The summed E-state index contributed by atoms with van der Waals surface area (Å²) in [6.45, 7) is 1.12. The van der Waals surface area contributed by atoms with Crippen LogP contribution < -0.4 is 0 Å². The van der Waals surface area contributed by atoms with Crippen LogP contribution in [0.15, 0.2) is 0 Å². The van der Waals surface area contributed by atoms with Gasteiger partial charge in [-0.15, -0.1) is 5.06 Å². The predicted molar refractivity (Wildman–Crippen MR) is 77.2 cm³/mol. The minimum atomic E-state index is -2.92. The van der Waals surface area contributed by atoms with Crippen LogP contribution >= 0.6 is 0 Å². The van der Waals surface area contributed by atoms with Crippen LogP contribution in [-0.4, -0.2) is 25.6 Å². The third-order valence-electron chi connectivity index (χ3n) is 3.83. The minimum Gasteiger partial charge on any atom is -0.748 e. The molecule has 0 radical (unpaired) electrons. The summed E-state index contributed by atoms with van der Waals surface area (Å²) in [6.07, 6.45) is 10.1. The number of rotatable bonds is 3. The van der Waals surface area contributed by atoms with Gasteiger partial charge < -0.3 is 4.55 Å². The van der Waals surface area contributed by atoms with Crippen LogP contribution in [0.5, 0.6) is 0 Å². The first-order chi connectivity index (χ1) is 10.0. The van der Waals surface area contributed by atoms with Gasteiger partial charge in [0, 0.05) is 12.8 Å². The van der Waals surface area contributed by atoms with Crippen LogP contribution in [0.3, 0.4) is 0 Å². The molecule has 1 aliphatic rings. The fourth-order valence-electron chi connectivity index (χ4n) is 2.70. The van der Waals surface area contributed by atoms with Crippen LogP contribution in [0.1, 0.15) is 71.1 Å². The highest BCUT2D eigenvalue weighted by Crippen LogP contribution is 2.23. The lowest BCUT2D eigenvalue weighted by Crippen LogP contribution is -2.40. The fourth-order valence-corrected chi connectivity index (χ4v) is 3.00. The molecule has 1 atom stereocenters. The molecule has 2 amide bonds. The van der Waals surface area contributed by atoms with E-state index in [0.29, 0.717) is 17.9 Å². The zero-order chi connectivity index (χ0) is 15.7. The molecule has 0 aromatic carbocycles. The molecule has 0 aromatic heterocycles. The van der Waals surface area contributed by atoms with E-state index in [2.05, 4.69) is 4.28 Å². The Labute approximate surface area is 128 Å². The van der Waals surface area contributed by atoms with E-state index in [1.165, 1.54) is 25.7 Å². The average molecular weight is 318 g/mol. The number of carbonyl (C=O) groups excluding carboxylic acids is 2. The van der Waals surface area contributed by atoms with Gasteiger partial charge in [-0.2, -0.15) is 4.28 Å². The molecule has 0 aromatic rings. The van der Waals surface area contributed by atoms with E-state index >= 15 is 0 Å². The lowest BCUT2D eigenvalue weighted by atomic mass is 9.94. The lowest BCUT2D eigenvalue weighted by molar-refractivity contribution is -0.173. The van der Waals surface area contributed by atoms with Crippen molar-refractivity contribution >= 4 is 23.2 Å². The van der Waals surface area contributed by atoms with Gasteiger partial charge in [0.2, 0.25) is 0 Å². The first kappa shape index (κ1) is 18.3. The minimum absolute atomic E-state index is 0.337. The largest absolute Gasteiger partial charge is 0.748 e. The van der Waals surface area contributed by atoms with Crippen molar-refractivity contribution in [2.24, 2.45) is 5.92 Å². The molecule has 0 saturated heterocycles. The Bertz CT molecular complexity index is 362. The van der Waals surface area contributed by atoms with Gasteiger partial charge in [0.15, 0.2) is 0 Å². The number of amides is 2. The first-order valence-corrected chi connectivity index (χ1v) is 8.64. The summed E-state index contributed by atoms with van der Waals surface area (Å²) >= 11 is -2.92. The molecule has 6 nitrogen and oxygen atoms in total. The molecule has 1 saturated carbocycles. The van der Waals surface area contributed by atoms with Gasteiger partial charge in [0.1, 0.15) is 11.4 Å². The normalized spacial score (nSPS) is 20.3. The number of hydrogen-bond donors (Lipinski definition) is 0. The van der Waals surface area contributed by atoms with E-state index < -0.39 is 23.2 Å². The topological polar surface area (TPSA) is 86.7 Å². The SMILES string of the molecule is CC(=O)N(OS(=O)[O-])C(=O)C1CCCCCCCCCC1. The van der Waals surface area contributed by atoms with Crippen LogP contribution in [0.2, 0.25) is 0 Å². The van der Waals surface area contributed by atoms with E-state index in [1.807, 2.05) is 0 Å². The summed E-state index contributed by atoms with van der Waals surface area (Å²) in [6, 6.07) is 0. The summed E-state index contributed by atoms with van der Waals surface area (Å²) < 4.78 is 25.5. The molecule has 0 bridgehead atoms. The number of nitrogens with zero attached hydrogens (tertiary/aromatic N) is 1. The summed E-state index contributed by atoms with van der Waals surface area (Å²) in [5.74, 6) is -1.58. The second-order valence-corrected chi connectivity index (χ2v) is 6.09. The summed E-state index contributed by atoms with van der Waals surface area (Å²) in [4.78, 5) is 23.7. The van der Waals surface area contributed by atoms with Gasteiger partial charge in [-0.3, -0.25) is 9.59 Å². The van der Waals surface area contributed by atoms with Gasteiger partial charge >= 0.3 is 0 Å². The number of imide groups is 1. The fraction of sp³-hybridized carbons (Fsp3) is 0.857. The van der Waals surface area contributed by atoms with Crippen LogP contribution in [-0.2, 0) is 25.2 Å². The van der Waals surface area contributed by atoms with Crippen molar-refractivity contribution in [2.75, 3.05) is 0 Å². The maximum atomic E-state index is 12.3. The third kappa shape index (κ3) is 7.15. The Balaban J connectivity index is 2.68. The molecule has 0 heterocycles. The molecule has 7 heteroatoms.